The van der Waals surface area contributed by atoms with Gasteiger partial charge in [-0.25, -0.2) is 8.42 Å². The quantitative estimate of drug-likeness (QED) is 0.575. The van der Waals surface area contributed by atoms with E-state index in [2.05, 4.69) is 15.1 Å². The number of nitrogens with zero attached hydrogens (tertiary/aromatic N) is 4. The minimum Gasteiger partial charge on any atom is -0.352 e. The molecule has 10 heteroatoms. The Morgan fingerprint density at radius 3 is 2.11 bits per heavy atom. The van der Waals surface area contributed by atoms with Gasteiger partial charge in [0, 0.05) is 58.4 Å². The van der Waals surface area contributed by atoms with E-state index in [0.29, 0.717) is 38.8 Å². The summed E-state index contributed by atoms with van der Waals surface area (Å²) in [6.45, 7) is 7.00. The average Bonchev–Trinajstić information content (AvgIpc) is 3.45. The van der Waals surface area contributed by atoms with E-state index in [-0.39, 0.29) is 17.9 Å². The van der Waals surface area contributed by atoms with E-state index in [1.165, 1.54) is 10.6 Å². The molecule has 0 radical (unpaired) electrons. The summed E-state index contributed by atoms with van der Waals surface area (Å²) in [6.07, 6.45) is 3.38. The summed E-state index contributed by atoms with van der Waals surface area (Å²) in [6, 6.07) is 0.245. The van der Waals surface area contributed by atoms with Crippen LogP contribution in [0, 0.1) is 0 Å². The van der Waals surface area contributed by atoms with Crippen LogP contribution in [-0.4, -0.2) is 116 Å². The van der Waals surface area contributed by atoms with E-state index < -0.39 is 10.0 Å². The molecule has 2 amide bonds. The first-order valence-electron chi connectivity index (χ1n) is 9.74. The van der Waals surface area contributed by atoms with Gasteiger partial charge in [-0.3, -0.25) is 19.4 Å². The molecule has 0 aromatic carbocycles. The summed E-state index contributed by atoms with van der Waals surface area (Å²) < 4.78 is 24.5. The van der Waals surface area contributed by atoms with E-state index in [4.69, 9.17) is 0 Å². The maximum Gasteiger partial charge on any atom is 0.237 e. The summed E-state index contributed by atoms with van der Waals surface area (Å²) in [7, 11) is -3.18. The number of sulfonamides is 1. The van der Waals surface area contributed by atoms with Gasteiger partial charge in [0.05, 0.1) is 18.8 Å². The van der Waals surface area contributed by atoms with Crippen LogP contribution in [0.1, 0.15) is 19.8 Å². The summed E-state index contributed by atoms with van der Waals surface area (Å²) in [5, 5.41) is 3.05. The summed E-state index contributed by atoms with van der Waals surface area (Å²) in [5.74, 6) is 0.155. The van der Waals surface area contributed by atoms with Gasteiger partial charge in [-0.15, -0.1) is 0 Å². The molecular weight excluding hydrogens is 370 g/mol. The van der Waals surface area contributed by atoms with Crippen molar-refractivity contribution in [3.8, 4) is 0 Å². The fourth-order valence-corrected chi connectivity index (χ4v) is 4.41. The molecule has 3 rings (SSSR count). The lowest BCUT2D eigenvalue weighted by atomic mass is 10.2. The van der Waals surface area contributed by atoms with Crippen molar-refractivity contribution < 1.29 is 18.0 Å². The Balaban J connectivity index is 1.38. The van der Waals surface area contributed by atoms with Crippen molar-refractivity contribution in [2.24, 2.45) is 0 Å². The number of rotatable bonds is 6. The fraction of sp³-hybridized carbons (Fsp3) is 0.882. The molecule has 0 aromatic heterocycles. The monoisotopic (exact) mass is 401 g/mol. The minimum atomic E-state index is -3.18. The number of piperazine rings is 2. The molecule has 0 bridgehead atoms. The number of nitrogens with one attached hydrogen (secondary N) is 1. The first-order chi connectivity index (χ1) is 12.7. The van der Waals surface area contributed by atoms with Gasteiger partial charge in [0.25, 0.3) is 0 Å². The maximum atomic E-state index is 12.5. The van der Waals surface area contributed by atoms with Crippen LogP contribution in [-0.2, 0) is 19.6 Å². The van der Waals surface area contributed by atoms with Crippen LogP contribution < -0.4 is 5.32 Å². The molecule has 3 fully saturated rings. The van der Waals surface area contributed by atoms with Gasteiger partial charge in [-0.05, 0) is 19.8 Å². The molecular formula is C17H31N5O4S. The van der Waals surface area contributed by atoms with Crippen molar-refractivity contribution in [3.05, 3.63) is 0 Å². The highest BCUT2D eigenvalue weighted by Gasteiger charge is 2.31. The van der Waals surface area contributed by atoms with Gasteiger partial charge in [0.1, 0.15) is 0 Å². The first-order valence-corrected chi connectivity index (χ1v) is 11.6. The molecule has 0 unspecified atom stereocenters. The van der Waals surface area contributed by atoms with E-state index in [9.17, 15) is 18.0 Å². The molecule has 3 aliphatic rings. The summed E-state index contributed by atoms with van der Waals surface area (Å²) in [4.78, 5) is 30.7. The largest absolute Gasteiger partial charge is 0.352 e. The number of carbonyl (C=O) groups is 2. The van der Waals surface area contributed by atoms with Gasteiger partial charge >= 0.3 is 0 Å². The maximum absolute atomic E-state index is 12.5. The predicted octanol–water partition coefficient (Wildman–Crippen LogP) is -1.63. The van der Waals surface area contributed by atoms with Crippen molar-refractivity contribution in [1.82, 2.24) is 24.3 Å². The fourth-order valence-electron chi connectivity index (χ4n) is 3.58. The first kappa shape index (κ1) is 20.5. The topological polar surface area (TPSA) is 93.3 Å². The summed E-state index contributed by atoms with van der Waals surface area (Å²) in [5.41, 5.74) is 0. The second-order valence-corrected chi connectivity index (χ2v) is 9.80. The van der Waals surface area contributed by atoms with Gasteiger partial charge in [0.2, 0.25) is 21.8 Å². The zero-order chi connectivity index (χ0) is 19.6. The Bertz CT molecular complexity index is 650. The zero-order valence-electron chi connectivity index (χ0n) is 16.3. The van der Waals surface area contributed by atoms with Gasteiger partial charge in [-0.1, -0.05) is 0 Å². The minimum absolute atomic E-state index is 0.0520. The van der Waals surface area contributed by atoms with Crippen LogP contribution >= 0.6 is 0 Å². The Labute approximate surface area is 161 Å². The third-order valence-corrected chi connectivity index (χ3v) is 6.98. The van der Waals surface area contributed by atoms with Crippen molar-refractivity contribution in [3.63, 3.8) is 0 Å². The molecule has 2 heterocycles. The van der Waals surface area contributed by atoms with Crippen molar-refractivity contribution in [2.75, 3.05) is 65.2 Å². The number of hydrogen-bond donors (Lipinski definition) is 1. The van der Waals surface area contributed by atoms with Crippen LogP contribution in [0.2, 0.25) is 0 Å². The Morgan fingerprint density at radius 2 is 1.59 bits per heavy atom. The molecule has 2 aliphatic heterocycles. The third-order valence-electron chi connectivity index (χ3n) is 5.68. The predicted molar refractivity (Wildman–Crippen MR) is 102 cm³/mol. The lowest BCUT2D eigenvalue weighted by molar-refractivity contribution is -0.135. The van der Waals surface area contributed by atoms with Crippen molar-refractivity contribution >= 4 is 21.8 Å². The molecule has 0 aromatic rings. The van der Waals surface area contributed by atoms with E-state index in [1.807, 2.05) is 6.92 Å². The highest BCUT2D eigenvalue weighted by Crippen LogP contribution is 2.19. The molecule has 0 spiro atoms. The lowest BCUT2D eigenvalue weighted by Crippen LogP contribution is -2.56. The number of amides is 2. The van der Waals surface area contributed by atoms with Crippen molar-refractivity contribution in [2.45, 2.75) is 31.8 Å². The Kier molecular flexibility index (Phi) is 6.39. The second kappa shape index (κ2) is 8.42. The molecule has 1 saturated carbocycles. The highest BCUT2D eigenvalue weighted by molar-refractivity contribution is 7.88. The van der Waals surface area contributed by atoms with E-state index in [1.54, 1.807) is 4.90 Å². The smallest absolute Gasteiger partial charge is 0.237 e. The number of carbonyl (C=O) groups excluding carboxylic acids is 2. The van der Waals surface area contributed by atoms with E-state index >= 15 is 0 Å². The van der Waals surface area contributed by atoms with Crippen LogP contribution in [0.25, 0.3) is 0 Å². The van der Waals surface area contributed by atoms with Gasteiger partial charge < -0.3 is 10.2 Å². The highest BCUT2D eigenvalue weighted by atomic mass is 32.2. The Hall–Kier alpha value is -1.23. The molecule has 27 heavy (non-hydrogen) atoms. The number of hydrogen-bond acceptors (Lipinski definition) is 6. The molecule has 2 saturated heterocycles. The lowest BCUT2D eigenvalue weighted by Gasteiger charge is -2.39. The Morgan fingerprint density at radius 1 is 1.00 bits per heavy atom. The van der Waals surface area contributed by atoms with Crippen LogP contribution in [0.3, 0.4) is 0 Å². The molecule has 9 nitrogen and oxygen atoms in total. The molecule has 1 N–H and O–H groups in total. The zero-order valence-corrected chi connectivity index (χ0v) is 17.1. The molecule has 1 aliphatic carbocycles. The van der Waals surface area contributed by atoms with Gasteiger partial charge in [-0.2, -0.15) is 4.31 Å². The van der Waals surface area contributed by atoms with Crippen LogP contribution in [0.5, 0.6) is 0 Å². The van der Waals surface area contributed by atoms with Crippen LogP contribution in [0.4, 0.5) is 0 Å². The second-order valence-electron chi connectivity index (χ2n) is 7.81. The summed E-state index contributed by atoms with van der Waals surface area (Å²) >= 11 is 0. The normalized spacial score (nSPS) is 24.6. The van der Waals surface area contributed by atoms with Crippen LogP contribution in [0.15, 0.2) is 0 Å². The van der Waals surface area contributed by atoms with Gasteiger partial charge in [0.15, 0.2) is 0 Å². The SMILES string of the molecule is C[C@H](C(=O)NC1CC1)N1CCN(CC(=O)N2CCN(S(C)(=O)=O)CC2)CC1. The molecule has 1 atom stereocenters. The van der Waals surface area contributed by atoms with E-state index in [0.717, 1.165) is 39.0 Å². The van der Waals surface area contributed by atoms with Crippen molar-refractivity contribution in [1.29, 1.82) is 0 Å². The molecule has 154 valence electrons. The standard InChI is InChI=1S/C17H31N5O4S/c1-14(17(24)18-15-3-4-15)20-7-5-19(6-8-20)13-16(23)21-9-11-22(12-10-21)27(2,25)26/h14-15H,3-13H2,1-2H3,(H,18,24)/t14-/m1/s1. The average molecular weight is 402 g/mol. The third kappa shape index (κ3) is 5.63.